The first-order valence-corrected chi connectivity index (χ1v) is 9.71. The van der Waals surface area contributed by atoms with Crippen molar-refractivity contribution < 1.29 is 13.9 Å². The van der Waals surface area contributed by atoms with Gasteiger partial charge in [0.1, 0.15) is 23.4 Å². The standard InChI is InChI=1S/C22H22FN3O2S/c1-27-17-9-10-20(28-2)18(14-17)21-19-4-3-11-25(19)12-13-26(21)22(29)24-16-7-5-15(23)6-8-16/h3-11,14,21H,12-13H2,1-2H3,(H,24,29). The predicted molar refractivity (Wildman–Crippen MR) is 115 cm³/mol. The Balaban J connectivity index is 1.73. The predicted octanol–water partition coefficient (Wildman–Crippen LogP) is 4.45. The van der Waals surface area contributed by atoms with Crippen LogP contribution in [0.4, 0.5) is 10.1 Å². The Morgan fingerprint density at radius 2 is 1.86 bits per heavy atom. The number of rotatable bonds is 4. The summed E-state index contributed by atoms with van der Waals surface area (Å²) in [4.78, 5) is 2.13. The molecule has 1 aromatic heterocycles. The summed E-state index contributed by atoms with van der Waals surface area (Å²) in [6, 6.07) is 15.9. The lowest BCUT2D eigenvalue weighted by Crippen LogP contribution is -2.44. The number of halogens is 1. The summed E-state index contributed by atoms with van der Waals surface area (Å²) in [5.74, 6) is 1.23. The molecule has 0 saturated heterocycles. The molecule has 1 aliphatic heterocycles. The van der Waals surface area contributed by atoms with Crippen molar-refractivity contribution in [2.45, 2.75) is 12.6 Å². The molecule has 0 saturated carbocycles. The van der Waals surface area contributed by atoms with E-state index in [4.69, 9.17) is 21.7 Å². The van der Waals surface area contributed by atoms with Crippen LogP contribution in [0, 0.1) is 5.82 Å². The summed E-state index contributed by atoms with van der Waals surface area (Å²) in [5.41, 5.74) is 2.83. The fourth-order valence-electron chi connectivity index (χ4n) is 3.71. The van der Waals surface area contributed by atoms with Crippen LogP contribution in [-0.4, -0.2) is 35.3 Å². The van der Waals surface area contributed by atoms with Gasteiger partial charge in [-0.05, 0) is 66.8 Å². The second-order valence-electron chi connectivity index (χ2n) is 6.77. The van der Waals surface area contributed by atoms with Crippen LogP contribution in [0.25, 0.3) is 0 Å². The molecule has 1 aliphatic rings. The molecule has 7 heteroatoms. The summed E-state index contributed by atoms with van der Waals surface area (Å²) in [6.45, 7) is 1.54. The van der Waals surface area contributed by atoms with Crippen LogP contribution in [0.3, 0.4) is 0 Å². The highest BCUT2D eigenvalue weighted by atomic mass is 32.1. The largest absolute Gasteiger partial charge is 0.497 e. The maximum absolute atomic E-state index is 13.2. The van der Waals surface area contributed by atoms with E-state index in [1.165, 1.54) is 12.1 Å². The highest BCUT2D eigenvalue weighted by Crippen LogP contribution is 2.39. The van der Waals surface area contributed by atoms with Gasteiger partial charge in [-0.25, -0.2) is 4.39 Å². The van der Waals surface area contributed by atoms with E-state index >= 15 is 0 Å². The molecular weight excluding hydrogens is 389 g/mol. The van der Waals surface area contributed by atoms with Gasteiger partial charge in [0.15, 0.2) is 5.11 Å². The van der Waals surface area contributed by atoms with Crippen molar-refractivity contribution in [2.75, 3.05) is 26.1 Å². The Bertz CT molecular complexity index is 1020. The van der Waals surface area contributed by atoms with E-state index in [0.717, 1.165) is 41.5 Å². The van der Waals surface area contributed by atoms with E-state index in [2.05, 4.69) is 27.0 Å². The topological polar surface area (TPSA) is 38.7 Å². The van der Waals surface area contributed by atoms with Crippen LogP contribution in [0.1, 0.15) is 17.3 Å². The molecule has 2 heterocycles. The fraction of sp³-hybridized carbons (Fsp3) is 0.227. The molecule has 1 unspecified atom stereocenters. The highest BCUT2D eigenvalue weighted by molar-refractivity contribution is 7.80. The van der Waals surface area contributed by atoms with Gasteiger partial charge in [-0.15, -0.1) is 0 Å². The van der Waals surface area contributed by atoms with E-state index < -0.39 is 0 Å². The van der Waals surface area contributed by atoms with Gasteiger partial charge in [0, 0.05) is 36.2 Å². The van der Waals surface area contributed by atoms with E-state index in [1.54, 1.807) is 26.4 Å². The zero-order valence-corrected chi connectivity index (χ0v) is 17.1. The molecule has 4 rings (SSSR count). The van der Waals surface area contributed by atoms with Crippen LogP contribution in [0.5, 0.6) is 11.5 Å². The van der Waals surface area contributed by atoms with Crippen LogP contribution in [0.2, 0.25) is 0 Å². The number of benzene rings is 2. The number of nitrogens with one attached hydrogen (secondary N) is 1. The van der Waals surface area contributed by atoms with Gasteiger partial charge < -0.3 is 24.3 Å². The number of thiocarbonyl (C=S) groups is 1. The Kier molecular flexibility index (Phi) is 5.40. The Morgan fingerprint density at radius 1 is 1.07 bits per heavy atom. The van der Waals surface area contributed by atoms with Gasteiger partial charge in [-0.1, -0.05) is 0 Å². The molecule has 0 spiro atoms. The average molecular weight is 412 g/mol. The number of hydrogen-bond donors (Lipinski definition) is 1. The molecule has 0 bridgehead atoms. The van der Waals surface area contributed by atoms with Crippen LogP contribution in [0.15, 0.2) is 60.8 Å². The molecule has 1 atom stereocenters. The second kappa shape index (κ2) is 8.13. The Labute approximate surface area is 174 Å². The normalized spacial score (nSPS) is 15.6. The van der Waals surface area contributed by atoms with Gasteiger partial charge in [0.05, 0.1) is 14.2 Å². The van der Waals surface area contributed by atoms with E-state index in [0.29, 0.717) is 5.11 Å². The second-order valence-corrected chi connectivity index (χ2v) is 7.15. The Hall–Kier alpha value is -3.06. The summed E-state index contributed by atoms with van der Waals surface area (Å²) in [6.07, 6.45) is 2.07. The summed E-state index contributed by atoms with van der Waals surface area (Å²) in [5, 5.41) is 3.81. The first kappa shape index (κ1) is 19.3. The van der Waals surface area contributed by atoms with Crippen molar-refractivity contribution in [2.24, 2.45) is 0 Å². The van der Waals surface area contributed by atoms with Crippen LogP contribution in [-0.2, 0) is 6.54 Å². The summed E-state index contributed by atoms with van der Waals surface area (Å²) in [7, 11) is 3.31. The number of anilines is 1. The molecule has 0 aliphatic carbocycles. The summed E-state index contributed by atoms with van der Waals surface area (Å²) >= 11 is 5.75. The maximum Gasteiger partial charge on any atom is 0.174 e. The molecule has 3 aromatic rings. The fourth-order valence-corrected chi connectivity index (χ4v) is 4.03. The van der Waals surface area contributed by atoms with Gasteiger partial charge >= 0.3 is 0 Å². The number of ether oxygens (including phenoxy) is 2. The number of aromatic nitrogens is 1. The van der Waals surface area contributed by atoms with Gasteiger partial charge in [-0.3, -0.25) is 0 Å². The zero-order chi connectivity index (χ0) is 20.4. The molecule has 5 nitrogen and oxygen atoms in total. The van der Waals surface area contributed by atoms with Crippen molar-refractivity contribution in [1.29, 1.82) is 0 Å². The van der Waals surface area contributed by atoms with Gasteiger partial charge in [0.2, 0.25) is 0 Å². The van der Waals surface area contributed by atoms with Crippen LogP contribution < -0.4 is 14.8 Å². The van der Waals surface area contributed by atoms with Crippen molar-refractivity contribution >= 4 is 23.0 Å². The molecule has 150 valence electrons. The first-order valence-electron chi connectivity index (χ1n) is 9.31. The third-order valence-corrected chi connectivity index (χ3v) is 5.46. The minimum atomic E-state index is -0.281. The number of nitrogens with zero attached hydrogens (tertiary/aromatic N) is 2. The number of hydrogen-bond acceptors (Lipinski definition) is 3. The minimum Gasteiger partial charge on any atom is -0.497 e. The zero-order valence-electron chi connectivity index (χ0n) is 16.3. The van der Waals surface area contributed by atoms with E-state index in [9.17, 15) is 4.39 Å². The smallest absolute Gasteiger partial charge is 0.174 e. The van der Waals surface area contributed by atoms with Gasteiger partial charge in [-0.2, -0.15) is 0 Å². The molecule has 0 fully saturated rings. The minimum absolute atomic E-state index is 0.149. The summed E-state index contributed by atoms with van der Waals surface area (Å²) < 4.78 is 26.6. The molecular formula is C22H22FN3O2S. The highest BCUT2D eigenvalue weighted by Gasteiger charge is 2.33. The average Bonchev–Trinajstić information content (AvgIpc) is 3.23. The van der Waals surface area contributed by atoms with Crippen molar-refractivity contribution in [3.8, 4) is 11.5 Å². The first-order chi connectivity index (χ1) is 14.1. The van der Waals surface area contributed by atoms with Gasteiger partial charge in [0.25, 0.3) is 0 Å². The van der Waals surface area contributed by atoms with Crippen molar-refractivity contribution in [1.82, 2.24) is 9.47 Å². The number of methoxy groups -OCH3 is 2. The van der Waals surface area contributed by atoms with Crippen molar-refractivity contribution in [3.05, 3.63) is 77.9 Å². The third-order valence-electron chi connectivity index (χ3n) is 5.13. The molecule has 29 heavy (non-hydrogen) atoms. The lowest BCUT2D eigenvalue weighted by molar-refractivity contribution is 0.284. The number of fused-ring (bicyclic) bond motifs is 1. The molecule has 1 N–H and O–H groups in total. The van der Waals surface area contributed by atoms with Crippen molar-refractivity contribution in [3.63, 3.8) is 0 Å². The molecule has 0 radical (unpaired) electrons. The Morgan fingerprint density at radius 3 is 2.59 bits per heavy atom. The lowest BCUT2D eigenvalue weighted by atomic mass is 9.99. The third kappa shape index (κ3) is 3.78. The van der Waals surface area contributed by atoms with Crippen LogP contribution >= 0.6 is 12.2 Å². The monoisotopic (exact) mass is 411 g/mol. The lowest BCUT2D eigenvalue weighted by Gasteiger charge is -2.39. The maximum atomic E-state index is 13.2. The molecule has 2 aromatic carbocycles. The van der Waals surface area contributed by atoms with E-state index in [-0.39, 0.29) is 11.9 Å². The SMILES string of the molecule is COc1ccc(OC)c(C2c3cccn3CCN2C(=S)Nc2ccc(F)cc2)c1. The quantitative estimate of drug-likeness (QED) is 0.643. The molecule has 0 amide bonds. The van der Waals surface area contributed by atoms with E-state index in [1.807, 2.05) is 24.3 Å².